The maximum absolute atomic E-state index is 12.8. The van der Waals surface area contributed by atoms with E-state index in [-0.39, 0.29) is 0 Å². The van der Waals surface area contributed by atoms with Crippen molar-refractivity contribution in [1.29, 1.82) is 0 Å². The second-order valence-corrected chi connectivity index (χ2v) is 10.4. The zero-order chi connectivity index (χ0) is 22.5. The van der Waals surface area contributed by atoms with E-state index in [2.05, 4.69) is 37.6 Å². The Labute approximate surface area is 184 Å². The quantitative estimate of drug-likeness (QED) is 0.422. The van der Waals surface area contributed by atoms with Crippen LogP contribution in [0.3, 0.4) is 0 Å². The van der Waals surface area contributed by atoms with E-state index >= 15 is 0 Å². The molecule has 1 heterocycles. The number of aryl methyl sites for hydroxylation is 2. The number of fused-ring (bicyclic) bond motifs is 1. The molecule has 4 rings (SSSR count). The van der Waals surface area contributed by atoms with Crippen LogP contribution in [0.4, 0.5) is 5.69 Å². The Morgan fingerprint density at radius 1 is 0.806 bits per heavy atom. The summed E-state index contributed by atoms with van der Waals surface area (Å²) in [5, 5.41) is 1.13. The molecule has 160 valence electrons. The molecule has 0 fully saturated rings. The van der Waals surface area contributed by atoms with Crippen LogP contribution >= 0.6 is 0 Å². The zero-order valence-corrected chi connectivity index (χ0v) is 19.7. The number of anilines is 1. The van der Waals surface area contributed by atoms with E-state index in [0.29, 0.717) is 4.90 Å². The van der Waals surface area contributed by atoms with Crippen molar-refractivity contribution in [1.82, 2.24) is 4.57 Å². The predicted molar refractivity (Wildman–Crippen MR) is 131 cm³/mol. The van der Waals surface area contributed by atoms with Gasteiger partial charge in [-0.15, -0.1) is 0 Å². The minimum Gasteiger partial charge on any atom is -0.378 e. The number of hydrogen-bond donors (Lipinski definition) is 0. The maximum atomic E-state index is 12.8. The summed E-state index contributed by atoms with van der Waals surface area (Å²) in [5.41, 5.74) is 8.11. The van der Waals surface area contributed by atoms with Crippen LogP contribution in [-0.2, 0) is 16.9 Å². The summed E-state index contributed by atoms with van der Waals surface area (Å²) in [5.74, 6) is 0. The maximum Gasteiger partial charge on any atom is 0.176 e. The molecule has 0 saturated heterocycles. The largest absolute Gasteiger partial charge is 0.378 e. The van der Waals surface area contributed by atoms with E-state index in [1.165, 1.54) is 6.26 Å². The standard InChI is InChI=1S/C26H28N2O2S/c1-17-11-16-23(31(6,29)30)26(19-12-14-20(15-13-19)27(3)4)24(17)25-18(2)28(5)22-10-8-7-9-21(22)25/h7-16H,1-6H3. The van der Waals surface area contributed by atoms with Gasteiger partial charge in [0.15, 0.2) is 9.84 Å². The lowest BCUT2D eigenvalue weighted by Gasteiger charge is -2.19. The minimum atomic E-state index is -3.43. The number of benzene rings is 3. The highest BCUT2D eigenvalue weighted by atomic mass is 32.2. The summed E-state index contributed by atoms with van der Waals surface area (Å²) in [4.78, 5) is 2.39. The van der Waals surface area contributed by atoms with Crippen LogP contribution in [0.5, 0.6) is 0 Å². The molecule has 0 amide bonds. The van der Waals surface area contributed by atoms with Crippen LogP contribution in [0.15, 0.2) is 65.6 Å². The van der Waals surface area contributed by atoms with E-state index in [0.717, 1.165) is 50.1 Å². The van der Waals surface area contributed by atoms with Gasteiger partial charge in [0.05, 0.1) is 4.90 Å². The van der Waals surface area contributed by atoms with Gasteiger partial charge in [0.25, 0.3) is 0 Å². The second-order valence-electron chi connectivity index (χ2n) is 8.38. The minimum absolute atomic E-state index is 0.359. The van der Waals surface area contributed by atoms with Gasteiger partial charge in [0.1, 0.15) is 0 Å². The number of rotatable bonds is 4. The average molecular weight is 433 g/mol. The number of para-hydroxylation sites is 1. The lowest BCUT2D eigenvalue weighted by molar-refractivity contribution is 0.602. The average Bonchev–Trinajstić information content (AvgIpc) is 2.97. The molecule has 0 bridgehead atoms. The smallest absolute Gasteiger partial charge is 0.176 e. The van der Waals surface area contributed by atoms with Gasteiger partial charge >= 0.3 is 0 Å². The third-order valence-electron chi connectivity index (χ3n) is 6.10. The molecule has 1 aromatic heterocycles. The van der Waals surface area contributed by atoms with E-state index in [9.17, 15) is 8.42 Å². The summed E-state index contributed by atoms with van der Waals surface area (Å²) in [7, 11) is 2.62. The highest BCUT2D eigenvalue weighted by molar-refractivity contribution is 7.90. The Morgan fingerprint density at radius 2 is 1.45 bits per heavy atom. The normalized spacial score (nSPS) is 11.8. The fourth-order valence-corrected chi connectivity index (χ4v) is 5.27. The van der Waals surface area contributed by atoms with Gasteiger partial charge in [-0.1, -0.05) is 36.4 Å². The lowest BCUT2D eigenvalue weighted by atomic mass is 9.89. The Bertz CT molecular complexity index is 1400. The van der Waals surface area contributed by atoms with Crippen molar-refractivity contribution in [3.8, 4) is 22.3 Å². The Balaban J connectivity index is 2.15. The summed E-state index contributed by atoms with van der Waals surface area (Å²) in [6.07, 6.45) is 1.29. The molecule has 5 heteroatoms. The fourth-order valence-electron chi connectivity index (χ4n) is 4.37. The lowest BCUT2D eigenvalue weighted by Crippen LogP contribution is -2.08. The van der Waals surface area contributed by atoms with Crippen molar-refractivity contribution >= 4 is 26.4 Å². The van der Waals surface area contributed by atoms with Gasteiger partial charge < -0.3 is 9.47 Å². The SMILES string of the molecule is Cc1ccc(S(C)(=O)=O)c(-c2ccc(N(C)C)cc2)c1-c1c(C)n(C)c2ccccc12. The third-order valence-corrected chi connectivity index (χ3v) is 7.24. The molecule has 0 spiro atoms. The van der Waals surface area contributed by atoms with E-state index in [1.807, 2.05) is 61.5 Å². The highest BCUT2D eigenvalue weighted by Gasteiger charge is 2.24. The molecule has 31 heavy (non-hydrogen) atoms. The molecule has 0 aliphatic heterocycles. The van der Waals surface area contributed by atoms with Crippen LogP contribution in [0.2, 0.25) is 0 Å². The number of hydrogen-bond acceptors (Lipinski definition) is 3. The first kappa shape index (κ1) is 21.2. The van der Waals surface area contributed by atoms with Gasteiger partial charge in [-0.25, -0.2) is 8.42 Å². The summed E-state index contributed by atoms with van der Waals surface area (Å²) in [6, 6.07) is 20.0. The molecule has 3 aromatic carbocycles. The molecule has 0 N–H and O–H groups in total. The van der Waals surface area contributed by atoms with Gasteiger partial charge in [-0.3, -0.25) is 0 Å². The first-order valence-corrected chi connectivity index (χ1v) is 12.2. The molecule has 0 saturated carbocycles. The zero-order valence-electron chi connectivity index (χ0n) is 18.9. The molecular weight excluding hydrogens is 404 g/mol. The van der Waals surface area contributed by atoms with E-state index < -0.39 is 9.84 Å². The summed E-state index contributed by atoms with van der Waals surface area (Å²) < 4.78 is 27.9. The van der Waals surface area contributed by atoms with Crippen molar-refractivity contribution in [2.24, 2.45) is 7.05 Å². The molecule has 0 radical (unpaired) electrons. The molecule has 4 nitrogen and oxygen atoms in total. The summed E-state index contributed by atoms with van der Waals surface area (Å²) in [6.45, 7) is 4.15. The Morgan fingerprint density at radius 3 is 2.06 bits per heavy atom. The Hall–Kier alpha value is -3.05. The molecule has 0 aliphatic carbocycles. The fraction of sp³-hybridized carbons (Fsp3) is 0.231. The molecule has 4 aromatic rings. The van der Waals surface area contributed by atoms with Crippen LogP contribution in [0, 0.1) is 13.8 Å². The molecule has 0 unspecified atom stereocenters. The number of sulfone groups is 1. The monoisotopic (exact) mass is 432 g/mol. The van der Waals surface area contributed by atoms with Gasteiger partial charge in [-0.05, 0) is 54.8 Å². The predicted octanol–water partition coefficient (Wildman–Crippen LogP) is 5.60. The third kappa shape index (κ3) is 3.53. The number of nitrogens with zero attached hydrogens (tertiary/aromatic N) is 2. The first-order valence-electron chi connectivity index (χ1n) is 10.3. The van der Waals surface area contributed by atoms with Crippen LogP contribution in [0.1, 0.15) is 11.3 Å². The van der Waals surface area contributed by atoms with Crippen LogP contribution in [-0.4, -0.2) is 33.3 Å². The van der Waals surface area contributed by atoms with E-state index in [1.54, 1.807) is 6.07 Å². The van der Waals surface area contributed by atoms with Gasteiger partial charge in [0, 0.05) is 60.8 Å². The van der Waals surface area contributed by atoms with Crippen molar-refractivity contribution in [2.45, 2.75) is 18.7 Å². The van der Waals surface area contributed by atoms with Crippen LogP contribution in [0.25, 0.3) is 33.2 Å². The first-order chi connectivity index (χ1) is 14.6. The van der Waals surface area contributed by atoms with Gasteiger partial charge in [0.2, 0.25) is 0 Å². The molecule has 0 aliphatic rings. The van der Waals surface area contributed by atoms with Crippen molar-refractivity contribution in [3.05, 3.63) is 71.9 Å². The van der Waals surface area contributed by atoms with Crippen molar-refractivity contribution in [2.75, 3.05) is 25.3 Å². The van der Waals surface area contributed by atoms with Gasteiger partial charge in [-0.2, -0.15) is 0 Å². The number of aromatic nitrogens is 1. The Kier molecular flexibility index (Phi) is 5.18. The van der Waals surface area contributed by atoms with Crippen LogP contribution < -0.4 is 4.90 Å². The van der Waals surface area contributed by atoms with Crippen molar-refractivity contribution < 1.29 is 8.42 Å². The van der Waals surface area contributed by atoms with E-state index in [4.69, 9.17) is 0 Å². The highest BCUT2D eigenvalue weighted by Crippen LogP contribution is 2.44. The molecule has 0 atom stereocenters. The van der Waals surface area contributed by atoms with Crippen molar-refractivity contribution in [3.63, 3.8) is 0 Å². The topological polar surface area (TPSA) is 42.3 Å². The summed E-state index contributed by atoms with van der Waals surface area (Å²) >= 11 is 0. The molecular formula is C26H28N2O2S. The second kappa shape index (κ2) is 7.57.